The van der Waals surface area contributed by atoms with Crippen LogP contribution in [0.5, 0.6) is 5.75 Å². The number of carbonyl (C=O) groups excluding carboxylic acids is 1. The summed E-state index contributed by atoms with van der Waals surface area (Å²) in [5.74, 6) is -0.423. The quantitative estimate of drug-likeness (QED) is 0.794. The van der Waals surface area contributed by atoms with Gasteiger partial charge in [0.05, 0.1) is 18.7 Å². The Hall–Kier alpha value is -1.82. The molecule has 0 aliphatic carbocycles. The highest BCUT2D eigenvalue weighted by atomic mass is 19.1. The third-order valence-electron chi connectivity index (χ3n) is 3.36. The molecule has 1 aromatic rings. The van der Waals surface area contributed by atoms with Gasteiger partial charge in [0.15, 0.2) is 11.6 Å². The van der Waals surface area contributed by atoms with Crippen LogP contribution in [-0.4, -0.2) is 38.7 Å². The van der Waals surface area contributed by atoms with Gasteiger partial charge in [-0.2, -0.15) is 0 Å². The van der Waals surface area contributed by atoms with E-state index in [0.29, 0.717) is 5.69 Å². The van der Waals surface area contributed by atoms with Gasteiger partial charge in [-0.25, -0.2) is 4.39 Å². The minimum atomic E-state index is -0.423. The average molecular weight is 265 g/mol. The third-order valence-corrected chi connectivity index (χ3v) is 3.36. The van der Waals surface area contributed by atoms with E-state index in [2.05, 4.69) is 15.5 Å². The minimum absolute atomic E-state index is 0.143. The normalized spacial score (nSPS) is 19.2. The van der Waals surface area contributed by atoms with E-state index in [1.54, 1.807) is 6.07 Å². The molecule has 0 radical (unpaired) electrons. The summed E-state index contributed by atoms with van der Waals surface area (Å²) in [6.45, 7) is 3.62. The summed E-state index contributed by atoms with van der Waals surface area (Å²) in [6.07, 6.45) is 0.247. The third kappa shape index (κ3) is 2.49. The van der Waals surface area contributed by atoms with Gasteiger partial charge in [-0.3, -0.25) is 4.79 Å². The maximum absolute atomic E-state index is 14.1. The van der Waals surface area contributed by atoms with Crippen LogP contribution in [0, 0.1) is 5.82 Å². The number of nitrogens with zero attached hydrogens (tertiary/aromatic N) is 1. The summed E-state index contributed by atoms with van der Waals surface area (Å²) >= 11 is 0. The van der Waals surface area contributed by atoms with Crippen molar-refractivity contribution in [3.05, 3.63) is 17.9 Å². The topological polar surface area (TPSA) is 53.6 Å². The van der Waals surface area contributed by atoms with Crippen LogP contribution in [0.4, 0.5) is 15.8 Å². The number of piperazine rings is 1. The SMILES string of the molecule is O=C1CCOc2c(F)cc(N3CCNCC3)cc2N1. The number of amides is 1. The second-order valence-corrected chi connectivity index (χ2v) is 4.69. The van der Waals surface area contributed by atoms with Crippen LogP contribution in [0.15, 0.2) is 12.1 Å². The Balaban J connectivity index is 1.94. The summed E-state index contributed by atoms with van der Waals surface area (Å²) in [4.78, 5) is 13.6. The lowest BCUT2D eigenvalue weighted by Gasteiger charge is -2.30. The molecule has 1 aromatic carbocycles. The predicted molar refractivity (Wildman–Crippen MR) is 70.2 cm³/mol. The van der Waals surface area contributed by atoms with E-state index in [1.165, 1.54) is 6.07 Å². The van der Waals surface area contributed by atoms with Crippen molar-refractivity contribution in [1.29, 1.82) is 0 Å². The first-order chi connectivity index (χ1) is 9.24. The van der Waals surface area contributed by atoms with Gasteiger partial charge in [0.25, 0.3) is 0 Å². The Labute approximate surface area is 110 Å². The highest BCUT2D eigenvalue weighted by Gasteiger charge is 2.21. The highest BCUT2D eigenvalue weighted by Crippen LogP contribution is 2.34. The Morgan fingerprint density at radius 3 is 2.84 bits per heavy atom. The lowest BCUT2D eigenvalue weighted by molar-refractivity contribution is -0.116. The van der Waals surface area contributed by atoms with E-state index in [-0.39, 0.29) is 24.7 Å². The average Bonchev–Trinajstić information content (AvgIpc) is 2.61. The molecule has 2 N–H and O–H groups in total. The van der Waals surface area contributed by atoms with Crippen LogP contribution in [0.2, 0.25) is 0 Å². The molecule has 2 heterocycles. The van der Waals surface area contributed by atoms with Gasteiger partial charge in [-0.15, -0.1) is 0 Å². The molecule has 1 amide bonds. The number of halogens is 1. The van der Waals surface area contributed by atoms with Crippen molar-refractivity contribution in [1.82, 2.24) is 5.32 Å². The van der Waals surface area contributed by atoms with Crippen molar-refractivity contribution in [3.8, 4) is 5.75 Å². The molecule has 2 aliphatic rings. The summed E-state index contributed by atoms with van der Waals surface area (Å²) in [5, 5.41) is 5.95. The van der Waals surface area contributed by atoms with Gasteiger partial charge in [0.1, 0.15) is 0 Å². The van der Waals surface area contributed by atoms with Crippen molar-refractivity contribution in [2.24, 2.45) is 0 Å². The molecule has 0 atom stereocenters. The molecule has 0 bridgehead atoms. The van der Waals surface area contributed by atoms with Crippen LogP contribution in [0.25, 0.3) is 0 Å². The van der Waals surface area contributed by atoms with Crippen LogP contribution in [0.3, 0.4) is 0 Å². The maximum atomic E-state index is 14.1. The van der Waals surface area contributed by atoms with Crippen molar-refractivity contribution in [2.75, 3.05) is 43.0 Å². The van der Waals surface area contributed by atoms with Gasteiger partial charge < -0.3 is 20.3 Å². The fourth-order valence-corrected chi connectivity index (χ4v) is 2.38. The molecular weight excluding hydrogens is 249 g/mol. The lowest BCUT2D eigenvalue weighted by Crippen LogP contribution is -2.43. The van der Waals surface area contributed by atoms with E-state index >= 15 is 0 Å². The molecule has 3 rings (SSSR count). The number of fused-ring (bicyclic) bond motifs is 1. The molecule has 6 heteroatoms. The van der Waals surface area contributed by atoms with E-state index in [4.69, 9.17) is 4.74 Å². The van der Waals surface area contributed by atoms with E-state index in [9.17, 15) is 9.18 Å². The molecule has 0 spiro atoms. The molecule has 0 unspecified atom stereocenters. The Bertz CT molecular complexity index is 501. The zero-order valence-electron chi connectivity index (χ0n) is 10.5. The lowest BCUT2D eigenvalue weighted by atomic mass is 10.2. The predicted octanol–water partition coefficient (Wildman–Crippen LogP) is 0.956. The fourth-order valence-electron chi connectivity index (χ4n) is 2.38. The molecular formula is C13H16FN3O2. The van der Waals surface area contributed by atoms with Gasteiger partial charge in [0.2, 0.25) is 5.91 Å². The summed E-state index contributed by atoms with van der Waals surface area (Å²) in [7, 11) is 0. The summed E-state index contributed by atoms with van der Waals surface area (Å²) in [6, 6.07) is 3.26. The van der Waals surface area contributed by atoms with Crippen LogP contribution >= 0.6 is 0 Å². The van der Waals surface area contributed by atoms with E-state index in [1.807, 2.05) is 0 Å². The molecule has 1 fully saturated rings. The molecule has 0 aromatic heterocycles. The monoisotopic (exact) mass is 265 g/mol. The first-order valence-electron chi connectivity index (χ1n) is 6.46. The van der Waals surface area contributed by atoms with Gasteiger partial charge in [-0.05, 0) is 6.07 Å². The molecule has 1 saturated heterocycles. The van der Waals surface area contributed by atoms with Gasteiger partial charge in [0, 0.05) is 37.9 Å². The van der Waals surface area contributed by atoms with Gasteiger partial charge in [-0.1, -0.05) is 0 Å². The van der Waals surface area contributed by atoms with Crippen LogP contribution in [0.1, 0.15) is 6.42 Å². The minimum Gasteiger partial charge on any atom is -0.488 e. The fraction of sp³-hybridized carbons (Fsp3) is 0.462. The standard InChI is InChI=1S/C13H16FN3O2/c14-10-7-9(17-4-2-15-3-5-17)8-11-13(10)19-6-1-12(18)16-11/h7-8,15H,1-6H2,(H,16,18). The molecule has 102 valence electrons. The van der Waals surface area contributed by atoms with Crippen LogP contribution in [-0.2, 0) is 4.79 Å². The van der Waals surface area contributed by atoms with Crippen molar-refractivity contribution >= 4 is 17.3 Å². The van der Waals surface area contributed by atoms with Crippen LogP contribution < -0.4 is 20.3 Å². The number of anilines is 2. The molecule has 0 saturated carbocycles. The number of ether oxygens (including phenoxy) is 1. The molecule has 5 nitrogen and oxygen atoms in total. The van der Waals surface area contributed by atoms with Gasteiger partial charge >= 0.3 is 0 Å². The number of nitrogens with one attached hydrogen (secondary N) is 2. The second-order valence-electron chi connectivity index (χ2n) is 4.69. The first-order valence-corrected chi connectivity index (χ1v) is 6.46. The number of benzene rings is 1. The Morgan fingerprint density at radius 1 is 1.26 bits per heavy atom. The zero-order chi connectivity index (χ0) is 13.2. The number of carbonyl (C=O) groups is 1. The smallest absolute Gasteiger partial charge is 0.227 e. The van der Waals surface area contributed by atoms with E-state index < -0.39 is 5.82 Å². The number of rotatable bonds is 1. The number of hydrogen-bond donors (Lipinski definition) is 2. The first kappa shape index (κ1) is 12.2. The number of hydrogen-bond acceptors (Lipinski definition) is 4. The highest BCUT2D eigenvalue weighted by molar-refractivity contribution is 5.93. The van der Waals surface area contributed by atoms with Crippen molar-refractivity contribution in [2.45, 2.75) is 6.42 Å². The Kier molecular flexibility index (Phi) is 3.25. The Morgan fingerprint density at radius 2 is 2.05 bits per heavy atom. The molecule has 2 aliphatic heterocycles. The van der Waals surface area contributed by atoms with Crippen molar-refractivity contribution in [3.63, 3.8) is 0 Å². The zero-order valence-corrected chi connectivity index (χ0v) is 10.5. The summed E-state index contributed by atoms with van der Waals surface area (Å²) < 4.78 is 19.4. The van der Waals surface area contributed by atoms with Crippen molar-refractivity contribution < 1.29 is 13.9 Å². The van der Waals surface area contributed by atoms with E-state index in [0.717, 1.165) is 31.9 Å². The second kappa shape index (κ2) is 5.05. The largest absolute Gasteiger partial charge is 0.488 e. The summed E-state index contributed by atoms with van der Waals surface area (Å²) in [5.41, 5.74) is 1.21. The molecule has 19 heavy (non-hydrogen) atoms. The maximum Gasteiger partial charge on any atom is 0.227 e.